The predicted molar refractivity (Wildman–Crippen MR) is 182 cm³/mol. The topological polar surface area (TPSA) is 77.3 Å². The molecule has 0 amide bonds. The van der Waals surface area contributed by atoms with Gasteiger partial charge in [-0.05, 0) is 101 Å². The van der Waals surface area contributed by atoms with Gasteiger partial charge in [0, 0.05) is 48.5 Å². The number of piperidine rings is 1. The van der Waals surface area contributed by atoms with Crippen molar-refractivity contribution in [1.29, 1.82) is 0 Å². The van der Waals surface area contributed by atoms with Gasteiger partial charge in [0.15, 0.2) is 0 Å². The number of unbranched alkanes of at least 4 members (excludes halogenated alkanes) is 2. The summed E-state index contributed by atoms with van der Waals surface area (Å²) in [7, 11) is 2.28. The minimum atomic E-state index is -0.394. The highest BCUT2D eigenvalue weighted by Crippen LogP contribution is 2.30. The molecule has 1 aromatic heterocycles. The second-order valence-corrected chi connectivity index (χ2v) is 12.5. The van der Waals surface area contributed by atoms with Gasteiger partial charge in [0.1, 0.15) is 18.3 Å². The average molecular weight is 621 g/mol. The van der Waals surface area contributed by atoms with E-state index in [1.807, 2.05) is 25.1 Å². The molecule has 0 bridgehead atoms. The van der Waals surface area contributed by atoms with E-state index in [1.165, 1.54) is 49.8 Å². The van der Waals surface area contributed by atoms with Crippen molar-refractivity contribution in [2.75, 3.05) is 51.8 Å². The van der Waals surface area contributed by atoms with Gasteiger partial charge in [0.2, 0.25) is 0 Å². The summed E-state index contributed by atoms with van der Waals surface area (Å²) < 4.78 is 7.69. The molecule has 238 valence electrons. The standard InChI is InChI=1S/C35H49ClN6O2/c1-4-6-7-17-40(3)29-15-19-41(20-16-29)23-30(43)24-42-18-14-27(22-42)26-8-11-31-33(12-9-26)37-25-38-35(31)39-28-10-13-34(44-5-2)32(36)21-28/h9-14,18,21-22,29-30,37,43H,4-8,15-17,19-20,23-25H2,1-3H3,(H,38,39). The number of hydrogen-bond donors (Lipinski definition) is 3. The van der Waals surface area contributed by atoms with Gasteiger partial charge in [-0.1, -0.05) is 43.5 Å². The number of benzene rings is 1. The van der Waals surface area contributed by atoms with E-state index in [1.54, 1.807) is 0 Å². The molecule has 1 aliphatic carbocycles. The van der Waals surface area contributed by atoms with Crippen molar-refractivity contribution >= 4 is 28.7 Å². The molecule has 0 radical (unpaired) electrons. The molecule has 0 saturated carbocycles. The first-order chi connectivity index (χ1) is 21.4. The minimum Gasteiger partial charge on any atom is -0.492 e. The number of likely N-dealkylation sites (tertiary alicyclic amines) is 1. The van der Waals surface area contributed by atoms with E-state index in [-0.39, 0.29) is 0 Å². The van der Waals surface area contributed by atoms with E-state index in [9.17, 15) is 5.11 Å². The number of anilines is 1. The number of nitrogens with one attached hydrogen (secondary N) is 2. The molecule has 1 atom stereocenters. The van der Waals surface area contributed by atoms with Gasteiger partial charge in [-0.3, -0.25) is 0 Å². The van der Waals surface area contributed by atoms with Crippen molar-refractivity contribution in [2.24, 2.45) is 4.99 Å². The first kappa shape index (κ1) is 32.4. The summed E-state index contributed by atoms with van der Waals surface area (Å²) in [6.45, 7) is 9.92. The Kier molecular flexibility index (Phi) is 11.6. The van der Waals surface area contributed by atoms with Crippen LogP contribution in [0.1, 0.15) is 57.9 Å². The highest BCUT2D eigenvalue weighted by Gasteiger charge is 2.24. The average Bonchev–Trinajstić information content (AvgIpc) is 3.36. The second kappa shape index (κ2) is 15.8. The molecule has 2 aromatic rings. The number of hydrogen-bond acceptors (Lipinski definition) is 7. The van der Waals surface area contributed by atoms with Crippen molar-refractivity contribution in [3.63, 3.8) is 0 Å². The van der Waals surface area contributed by atoms with Crippen LogP contribution < -0.4 is 15.4 Å². The number of halogens is 1. The fraction of sp³-hybridized carbons (Fsp3) is 0.514. The third kappa shape index (κ3) is 8.57. The highest BCUT2D eigenvalue weighted by atomic mass is 35.5. The zero-order valence-corrected chi connectivity index (χ0v) is 27.3. The molecular formula is C35H49ClN6O2. The number of nitrogens with zero attached hydrogens (tertiary/aromatic N) is 4. The number of fused-ring (bicyclic) bond motifs is 1. The minimum absolute atomic E-state index is 0.394. The zero-order chi connectivity index (χ0) is 30.9. The second-order valence-electron chi connectivity index (χ2n) is 12.1. The molecule has 9 heteroatoms. The Morgan fingerprint density at radius 2 is 2.00 bits per heavy atom. The number of ether oxygens (including phenoxy) is 1. The smallest absolute Gasteiger partial charge is 0.138 e. The molecule has 5 rings (SSSR count). The van der Waals surface area contributed by atoms with Gasteiger partial charge in [-0.2, -0.15) is 0 Å². The van der Waals surface area contributed by atoms with Crippen molar-refractivity contribution < 1.29 is 9.84 Å². The molecule has 1 fully saturated rings. The van der Waals surface area contributed by atoms with Crippen LogP contribution in [0.3, 0.4) is 0 Å². The molecule has 2 aliphatic heterocycles. The van der Waals surface area contributed by atoms with E-state index in [2.05, 4.69) is 75.7 Å². The molecule has 8 nitrogen and oxygen atoms in total. The van der Waals surface area contributed by atoms with Gasteiger partial charge >= 0.3 is 0 Å². The Morgan fingerprint density at radius 3 is 2.77 bits per heavy atom. The highest BCUT2D eigenvalue weighted by molar-refractivity contribution is 6.32. The van der Waals surface area contributed by atoms with Gasteiger partial charge in [-0.25, -0.2) is 4.99 Å². The number of amidine groups is 1. The normalized spacial score (nSPS) is 18.4. The summed E-state index contributed by atoms with van der Waals surface area (Å²) in [5.74, 6) is 1.49. The van der Waals surface area contributed by atoms with Crippen LogP contribution in [0.5, 0.6) is 5.75 Å². The zero-order valence-electron chi connectivity index (χ0n) is 26.6. The summed E-state index contributed by atoms with van der Waals surface area (Å²) in [4.78, 5) is 9.68. The lowest BCUT2D eigenvalue weighted by Crippen LogP contribution is -2.46. The van der Waals surface area contributed by atoms with Crippen molar-refractivity contribution in [3.05, 3.63) is 76.7 Å². The Bertz CT molecular complexity index is 1370. The van der Waals surface area contributed by atoms with Crippen LogP contribution in [0.4, 0.5) is 5.69 Å². The lowest BCUT2D eigenvalue weighted by atomic mass is 10.0. The lowest BCUT2D eigenvalue weighted by molar-refractivity contribution is 0.0660. The predicted octanol–water partition coefficient (Wildman–Crippen LogP) is 6.16. The molecule has 0 spiro atoms. The number of rotatable bonds is 13. The first-order valence-corrected chi connectivity index (χ1v) is 16.7. The summed E-state index contributed by atoms with van der Waals surface area (Å²) in [5, 5.41) is 18.4. The number of aliphatic hydroxyl groups is 1. The van der Waals surface area contributed by atoms with Gasteiger partial charge < -0.3 is 34.8 Å². The van der Waals surface area contributed by atoms with Crippen molar-refractivity contribution in [2.45, 2.75) is 71.1 Å². The SMILES string of the molecule is CCCCCN(C)C1CCN(CC(O)Cn2ccc(C3=CC=C4NCN=C(Nc5ccc(OCC)c(Cl)c5)C4=CC3)c2)CC1. The number of allylic oxidation sites excluding steroid dienone is 4. The maximum atomic E-state index is 10.9. The molecule has 3 heterocycles. The molecule has 1 unspecified atom stereocenters. The largest absolute Gasteiger partial charge is 0.492 e. The summed E-state index contributed by atoms with van der Waals surface area (Å²) in [5.41, 5.74) is 5.34. The summed E-state index contributed by atoms with van der Waals surface area (Å²) in [6, 6.07) is 8.53. The van der Waals surface area contributed by atoms with E-state index in [0.29, 0.717) is 36.6 Å². The first-order valence-electron chi connectivity index (χ1n) is 16.3. The van der Waals surface area contributed by atoms with E-state index >= 15 is 0 Å². The Balaban J connectivity index is 1.13. The molecule has 1 saturated heterocycles. The van der Waals surface area contributed by atoms with E-state index in [4.69, 9.17) is 21.3 Å². The van der Waals surface area contributed by atoms with Crippen molar-refractivity contribution in [1.82, 2.24) is 19.7 Å². The summed E-state index contributed by atoms with van der Waals surface area (Å²) >= 11 is 6.42. The third-order valence-corrected chi connectivity index (χ3v) is 9.13. The van der Waals surface area contributed by atoms with Crippen LogP contribution in [0.15, 0.2) is 71.1 Å². The molecular weight excluding hydrogens is 572 g/mol. The Labute approximate surface area is 268 Å². The molecule has 3 N–H and O–H groups in total. The monoisotopic (exact) mass is 620 g/mol. The number of aliphatic imine (C=N–C) groups is 1. The van der Waals surface area contributed by atoms with Crippen molar-refractivity contribution in [3.8, 4) is 5.75 Å². The Hall–Kier alpha value is -3.04. The van der Waals surface area contributed by atoms with Crippen LogP contribution in [0.25, 0.3) is 5.57 Å². The van der Waals surface area contributed by atoms with Crippen LogP contribution in [-0.4, -0.2) is 84.0 Å². The quantitative estimate of drug-likeness (QED) is 0.233. The van der Waals surface area contributed by atoms with Gasteiger partial charge in [0.05, 0.1) is 17.7 Å². The maximum absolute atomic E-state index is 10.9. The lowest BCUT2D eigenvalue weighted by Gasteiger charge is -2.37. The van der Waals surface area contributed by atoms with Crippen LogP contribution >= 0.6 is 11.6 Å². The van der Waals surface area contributed by atoms with Crippen LogP contribution in [-0.2, 0) is 6.54 Å². The fourth-order valence-corrected chi connectivity index (χ4v) is 6.55. The Morgan fingerprint density at radius 1 is 1.16 bits per heavy atom. The molecule has 44 heavy (non-hydrogen) atoms. The van der Waals surface area contributed by atoms with E-state index < -0.39 is 6.10 Å². The van der Waals surface area contributed by atoms with Crippen LogP contribution in [0.2, 0.25) is 5.02 Å². The van der Waals surface area contributed by atoms with Crippen LogP contribution in [0, 0.1) is 0 Å². The van der Waals surface area contributed by atoms with E-state index in [0.717, 1.165) is 48.8 Å². The molecule has 3 aliphatic rings. The molecule has 1 aromatic carbocycles. The van der Waals surface area contributed by atoms with Gasteiger partial charge in [-0.15, -0.1) is 0 Å². The number of β-amino-alcohol motifs (C(OH)–C–C–N with tert-alkyl or cyclic N) is 1. The van der Waals surface area contributed by atoms with Gasteiger partial charge in [0.25, 0.3) is 0 Å². The summed E-state index contributed by atoms with van der Waals surface area (Å²) in [6.07, 6.45) is 17.4. The number of aromatic nitrogens is 1. The third-order valence-electron chi connectivity index (χ3n) is 8.83. The maximum Gasteiger partial charge on any atom is 0.138 e. The number of aliphatic hydroxyl groups excluding tert-OH is 1. The fourth-order valence-electron chi connectivity index (χ4n) is 6.32.